The molecular weight excluding hydrogens is 310 g/mol. The molecule has 1 aliphatic rings. The van der Waals surface area contributed by atoms with E-state index in [2.05, 4.69) is 14.9 Å². The Labute approximate surface area is 137 Å². The molecule has 0 saturated carbocycles. The van der Waals surface area contributed by atoms with Crippen LogP contribution in [-0.2, 0) is 4.74 Å². The van der Waals surface area contributed by atoms with Crippen LogP contribution >= 0.6 is 11.3 Å². The van der Waals surface area contributed by atoms with Gasteiger partial charge in [0.1, 0.15) is 10.8 Å². The highest BCUT2D eigenvalue weighted by Crippen LogP contribution is 2.27. The molecule has 3 aromatic rings. The molecule has 1 saturated heterocycles. The zero-order valence-electron chi connectivity index (χ0n) is 12.4. The lowest BCUT2D eigenvalue weighted by atomic mass is 10.2. The minimum atomic E-state index is -0.181. The summed E-state index contributed by atoms with van der Waals surface area (Å²) in [5.41, 5.74) is 0.744. The highest BCUT2D eigenvalue weighted by atomic mass is 32.1. The first-order valence-corrected chi connectivity index (χ1v) is 8.32. The summed E-state index contributed by atoms with van der Waals surface area (Å²) in [7, 11) is 0. The van der Waals surface area contributed by atoms with E-state index in [1.54, 1.807) is 6.20 Å². The zero-order valence-corrected chi connectivity index (χ0v) is 13.3. The van der Waals surface area contributed by atoms with Gasteiger partial charge in [0.15, 0.2) is 0 Å². The molecule has 1 fully saturated rings. The smallest absolute Gasteiger partial charge is 0.279 e. The number of hydrogen-bond acceptors (Lipinski definition) is 6. The molecule has 6 heteroatoms. The van der Waals surface area contributed by atoms with Crippen molar-refractivity contribution in [3.63, 3.8) is 0 Å². The van der Waals surface area contributed by atoms with Crippen LogP contribution < -0.4 is 10.5 Å². The summed E-state index contributed by atoms with van der Waals surface area (Å²) < 4.78 is 6.33. The largest absolute Gasteiger partial charge is 0.378 e. The van der Waals surface area contributed by atoms with Gasteiger partial charge in [-0.05, 0) is 24.3 Å². The van der Waals surface area contributed by atoms with Crippen LogP contribution in [0.15, 0.2) is 47.4 Å². The average Bonchev–Trinajstić information content (AvgIpc) is 2.62. The second-order valence-corrected chi connectivity index (χ2v) is 6.35. The third-order valence-electron chi connectivity index (χ3n) is 3.85. The van der Waals surface area contributed by atoms with Crippen molar-refractivity contribution >= 4 is 27.2 Å². The van der Waals surface area contributed by atoms with Crippen molar-refractivity contribution in [1.29, 1.82) is 0 Å². The van der Waals surface area contributed by atoms with Gasteiger partial charge in [-0.3, -0.25) is 4.79 Å². The maximum absolute atomic E-state index is 12.2. The van der Waals surface area contributed by atoms with Crippen molar-refractivity contribution < 1.29 is 4.74 Å². The minimum absolute atomic E-state index is 0.181. The molecule has 0 bridgehead atoms. The monoisotopic (exact) mass is 325 g/mol. The Hall–Kier alpha value is -2.31. The van der Waals surface area contributed by atoms with Gasteiger partial charge in [-0.2, -0.15) is 4.98 Å². The molecular formula is C17H15N3O2S. The van der Waals surface area contributed by atoms with Crippen molar-refractivity contribution in [2.45, 2.75) is 0 Å². The zero-order chi connectivity index (χ0) is 15.6. The molecule has 0 N–H and O–H groups in total. The highest BCUT2D eigenvalue weighted by molar-refractivity contribution is 7.21. The quantitative estimate of drug-likeness (QED) is 0.725. The van der Waals surface area contributed by atoms with Crippen LogP contribution in [0.3, 0.4) is 0 Å². The maximum atomic E-state index is 12.2. The van der Waals surface area contributed by atoms with Gasteiger partial charge in [0.2, 0.25) is 0 Å². The van der Waals surface area contributed by atoms with Crippen molar-refractivity contribution in [2.24, 2.45) is 0 Å². The van der Waals surface area contributed by atoms with Crippen LogP contribution in [0.1, 0.15) is 0 Å². The van der Waals surface area contributed by atoms with E-state index in [0.717, 1.165) is 34.2 Å². The fraction of sp³-hybridized carbons (Fsp3) is 0.235. The van der Waals surface area contributed by atoms with Crippen LogP contribution in [0.4, 0.5) is 5.82 Å². The fourth-order valence-corrected chi connectivity index (χ4v) is 3.65. The maximum Gasteiger partial charge on any atom is 0.279 e. The Morgan fingerprint density at radius 2 is 1.96 bits per heavy atom. The lowest BCUT2D eigenvalue weighted by Gasteiger charge is -2.27. The third kappa shape index (κ3) is 2.83. The van der Waals surface area contributed by atoms with E-state index >= 15 is 0 Å². The van der Waals surface area contributed by atoms with E-state index in [-0.39, 0.29) is 5.56 Å². The molecule has 0 spiro atoms. The predicted molar refractivity (Wildman–Crippen MR) is 92.2 cm³/mol. The SMILES string of the molecule is O=c1nc(-c2ccnc(N3CCOCC3)c2)sc2ccccc12. The first-order chi connectivity index (χ1) is 11.3. The van der Waals surface area contributed by atoms with Crippen LogP contribution in [0.25, 0.3) is 20.7 Å². The Morgan fingerprint density at radius 3 is 2.83 bits per heavy atom. The van der Waals surface area contributed by atoms with Gasteiger partial charge in [0, 0.05) is 29.5 Å². The van der Waals surface area contributed by atoms with Crippen LogP contribution in [0.5, 0.6) is 0 Å². The summed E-state index contributed by atoms with van der Waals surface area (Å²) in [4.78, 5) is 23.1. The highest BCUT2D eigenvalue weighted by Gasteiger charge is 2.14. The second kappa shape index (κ2) is 6.06. The summed E-state index contributed by atoms with van der Waals surface area (Å²) in [5, 5.41) is 1.40. The number of fused-ring (bicyclic) bond motifs is 1. The summed E-state index contributed by atoms with van der Waals surface area (Å²) in [6.45, 7) is 3.09. The number of benzene rings is 1. The van der Waals surface area contributed by atoms with Crippen molar-refractivity contribution in [1.82, 2.24) is 9.97 Å². The van der Waals surface area contributed by atoms with Gasteiger partial charge < -0.3 is 9.64 Å². The van der Waals surface area contributed by atoms with E-state index in [1.165, 1.54) is 11.3 Å². The minimum Gasteiger partial charge on any atom is -0.378 e. The predicted octanol–water partition coefficient (Wildman–Crippen LogP) is 2.56. The Balaban J connectivity index is 1.77. The number of ether oxygens (including phenoxy) is 1. The van der Waals surface area contributed by atoms with E-state index in [0.29, 0.717) is 18.6 Å². The summed E-state index contributed by atoms with van der Waals surface area (Å²) in [5.74, 6) is 0.903. The van der Waals surface area contributed by atoms with Gasteiger partial charge in [-0.1, -0.05) is 12.1 Å². The number of rotatable bonds is 2. The molecule has 1 aliphatic heterocycles. The van der Waals surface area contributed by atoms with E-state index in [1.807, 2.05) is 36.4 Å². The molecule has 0 atom stereocenters. The van der Waals surface area contributed by atoms with E-state index in [9.17, 15) is 4.79 Å². The lowest BCUT2D eigenvalue weighted by Crippen LogP contribution is -2.36. The number of hydrogen-bond donors (Lipinski definition) is 0. The van der Waals surface area contributed by atoms with Gasteiger partial charge >= 0.3 is 0 Å². The second-order valence-electron chi connectivity index (χ2n) is 5.32. The summed E-state index contributed by atoms with van der Waals surface area (Å²) in [6.07, 6.45) is 1.77. The van der Waals surface area contributed by atoms with E-state index in [4.69, 9.17) is 4.74 Å². The third-order valence-corrected chi connectivity index (χ3v) is 4.95. The van der Waals surface area contributed by atoms with Crippen molar-refractivity contribution in [3.05, 3.63) is 52.9 Å². The van der Waals surface area contributed by atoms with Crippen LogP contribution in [0.2, 0.25) is 0 Å². The molecule has 116 valence electrons. The molecule has 0 aliphatic carbocycles. The molecule has 1 aromatic carbocycles. The molecule has 23 heavy (non-hydrogen) atoms. The lowest BCUT2D eigenvalue weighted by molar-refractivity contribution is 0.122. The Morgan fingerprint density at radius 1 is 1.13 bits per heavy atom. The van der Waals surface area contributed by atoms with E-state index < -0.39 is 0 Å². The first kappa shape index (κ1) is 14.3. The number of nitrogens with zero attached hydrogens (tertiary/aromatic N) is 3. The van der Waals surface area contributed by atoms with Crippen molar-refractivity contribution in [3.8, 4) is 10.6 Å². The molecule has 0 radical (unpaired) electrons. The van der Waals surface area contributed by atoms with Crippen LogP contribution in [-0.4, -0.2) is 36.3 Å². The van der Waals surface area contributed by atoms with Gasteiger partial charge in [0.05, 0.1) is 18.6 Å². The number of pyridine rings is 1. The number of anilines is 1. The molecule has 3 heterocycles. The molecule has 0 unspecified atom stereocenters. The average molecular weight is 325 g/mol. The molecule has 0 amide bonds. The molecule has 5 nitrogen and oxygen atoms in total. The molecule has 4 rings (SSSR count). The van der Waals surface area contributed by atoms with Gasteiger partial charge in [-0.25, -0.2) is 4.98 Å². The summed E-state index contributed by atoms with van der Waals surface area (Å²) in [6, 6.07) is 11.5. The molecule has 2 aromatic heterocycles. The first-order valence-electron chi connectivity index (χ1n) is 7.50. The standard InChI is InChI=1S/C17H15N3O2S/c21-16-13-3-1-2-4-14(13)23-17(19-16)12-5-6-18-15(11-12)20-7-9-22-10-8-20/h1-6,11H,7-10H2. The number of morpholine rings is 1. The number of aromatic nitrogens is 2. The van der Waals surface area contributed by atoms with Gasteiger partial charge in [-0.15, -0.1) is 11.3 Å². The van der Waals surface area contributed by atoms with Gasteiger partial charge in [0.25, 0.3) is 5.56 Å². The topological polar surface area (TPSA) is 55.3 Å². The van der Waals surface area contributed by atoms with Crippen LogP contribution in [0, 0.1) is 0 Å². The van der Waals surface area contributed by atoms with Crippen molar-refractivity contribution in [2.75, 3.05) is 31.2 Å². The Bertz CT molecular complexity index is 903. The summed E-state index contributed by atoms with van der Waals surface area (Å²) >= 11 is 1.53. The normalized spacial score (nSPS) is 15.0. The Kier molecular flexibility index (Phi) is 3.77. The fourth-order valence-electron chi connectivity index (χ4n) is 2.65.